The topological polar surface area (TPSA) is 54.3 Å². The van der Waals surface area contributed by atoms with Crippen LogP contribution in [-0.4, -0.2) is 63.2 Å². The van der Waals surface area contributed by atoms with E-state index in [1.165, 1.54) is 5.56 Å². The Morgan fingerprint density at radius 1 is 1.13 bits per heavy atom. The van der Waals surface area contributed by atoms with Crippen LogP contribution in [0, 0.1) is 6.92 Å². The second-order valence-electron chi connectivity index (χ2n) is 5.98. The molecule has 1 fully saturated rings. The van der Waals surface area contributed by atoms with Gasteiger partial charge in [0.2, 0.25) is 5.91 Å². The van der Waals surface area contributed by atoms with Gasteiger partial charge in [-0.2, -0.15) is 5.10 Å². The van der Waals surface area contributed by atoms with Gasteiger partial charge in [-0.1, -0.05) is 24.3 Å². The summed E-state index contributed by atoms with van der Waals surface area (Å²) >= 11 is 0. The number of nitrogens with zero attached hydrogens (tertiary/aromatic N) is 5. The monoisotopic (exact) mass is 313 g/mol. The van der Waals surface area contributed by atoms with Crippen LogP contribution in [0.2, 0.25) is 0 Å². The summed E-state index contributed by atoms with van der Waals surface area (Å²) in [6, 6.07) is 8.11. The van der Waals surface area contributed by atoms with Gasteiger partial charge >= 0.3 is 0 Å². The van der Waals surface area contributed by atoms with Crippen LogP contribution in [0.15, 0.2) is 36.9 Å². The first kappa shape index (κ1) is 15.7. The van der Waals surface area contributed by atoms with E-state index in [1.54, 1.807) is 12.7 Å². The van der Waals surface area contributed by atoms with Gasteiger partial charge < -0.3 is 4.90 Å². The molecule has 0 aliphatic carbocycles. The number of aryl methyl sites for hydroxylation is 1. The Kier molecular flexibility index (Phi) is 5.02. The number of amides is 1. The molecule has 0 bridgehead atoms. The molecule has 0 spiro atoms. The van der Waals surface area contributed by atoms with Gasteiger partial charge in [-0.15, -0.1) is 0 Å². The van der Waals surface area contributed by atoms with Crippen LogP contribution >= 0.6 is 0 Å². The summed E-state index contributed by atoms with van der Waals surface area (Å²) in [6.45, 7) is 7.32. The summed E-state index contributed by atoms with van der Waals surface area (Å²) in [7, 11) is 0. The fourth-order valence-corrected chi connectivity index (χ4v) is 2.90. The first-order valence-corrected chi connectivity index (χ1v) is 8.09. The third-order valence-electron chi connectivity index (χ3n) is 4.44. The van der Waals surface area contributed by atoms with Gasteiger partial charge in [0.1, 0.15) is 12.7 Å². The lowest BCUT2D eigenvalue weighted by molar-refractivity contribution is -0.132. The van der Waals surface area contributed by atoms with E-state index in [0.717, 1.165) is 44.8 Å². The molecule has 6 nitrogen and oxygen atoms in total. The Morgan fingerprint density at radius 3 is 2.61 bits per heavy atom. The average Bonchev–Trinajstić information content (AvgIpc) is 3.09. The van der Waals surface area contributed by atoms with Gasteiger partial charge in [-0.25, -0.2) is 4.98 Å². The number of piperazine rings is 1. The highest BCUT2D eigenvalue weighted by Crippen LogP contribution is 2.11. The zero-order chi connectivity index (χ0) is 16.1. The molecule has 3 rings (SSSR count). The molecule has 0 radical (unpaired) electrons. The molecule has 0 atom stereocenters. The van der Waals surface area contributed by atoms with Gasteiger partial charge in [0.05, 0.1) is 13.0 Å². The number of hydrogen-bond donors (Lipinski definition) is 0. The minimum Gasteiger partial charge on any atom is -0.340 e. The predicted octanol–water partition coefficient (Wildman–Crippen LogP) is 0.973. The van der Waals surface area contributed by atoms with E-state index >= 15 is 0 Å². The lowest BCUT2D eigenvalue weighted by Gasteiger charge is -2.34. The molecular weight excluding hydrogens is 290 g/mol. The van der Waals surface area contributed by atoms with Crippen LogP contribution in [0.25, 0.3) is 0 Å². The van der Waals surface area contributed by atoms with E-state index in [9.17, 15) is 4.79 Å². The van der Waals surface area contributed by atoms with E-state index in [4.69, 9.17) is 0 Å². The second kappa shape index (κ2) is 7.37. The van der Waals surface area contributed by atoms with Crippen molar-refractivity contribution >= 4 is 5.91 Å². The maximum atomic E-state index is 12.5. The quantitative estimate of drug-likeness (QED) is 0.825. The highest BCUT2D eigenvalue weighted by molar-refractivity contribution is 5.79. The fourth-order valence-electron chi connectivity index (χ4n) is 2.90. The number of benzene rings is 1. The van der Waals surface area contributed by atoms with Crippen molar-refractivity contribution in [3.05, 3.63) is 48.0 Å². The summed E-state index contributed by atoms with van der Waals surface area (Å²) in [5, 5.41) is 4.11. The lowest BCUT2D eigenvalue weighted by atomic mass is 10.1. The Bertz CT molecular complexity index is 632. The summed E-state index contributed by atoms with van der Waals surface area (Å²) in [5.74, 6) is 0.232. The molecule has 0 saturated carbocycles. The molecule has 1 aliphatic rings. The minimum atomic E-state index is 0.232. The van der Waals surface area contributed by atoms with Crippen molar-refractivity contribution in [3.8, 4) is 0 Å². The molecule has 122 valence electrons. The second-order valence-corrected chi connectivity index (χ2v) is 5.98. The molecule has 1 saturated heterocycles. The van der Waals surface area contributed by atoms with Crippen molar-refractivity contribution in [2.24, 2.45) is 0 Å². The summed E-state index contributed by atoms with van der Waals surface area (Å²) < 4.78 is 1.84. The van der Waals surface area contributed by atoms with Crippen LogP contribution < -0.4 is 0 Å². The van der Waals surface area contributed by atoms with Crippen molar-refractivity contribution in [2.75, 3.05) is 32.7 Å². The third-order valence-corrected chi connectivity index (χ3v) is 4.44. The standard InChI is InChI=1S/C17H23N5O/c1-15-4-2-3-5-16(15)12-17(23)21-9-6-20(7-10-21)8-11-22-14-18-13-19-22/h2-5,13-14H,6-12H2,1H3. The van der Waals surface area contributed by atoms with E-state index in [2.05, 4.69) is 28.0 Å². The summed E-state index contributed by atoms with van der Waals surface area (Å²) in [4.78, 5) is 20.8. The maximum Gasteiger partial charge on any atom is 0.227 e. The largest absolute Gasteiger partial charge is 0.340 e. The molecule has 1 aliphatic heterocycles. The van der Waals surface area contributed by atoms with Crippen molar-refractivity contribution in [3.63, 3.8) is 0 Å². The molecule has 1 aromatic heterocycles. The first-order chi connectivity index (χ1) is 11.2. The smallest absolute Gasteiger partial charge is 0.227 e. The summed E-state index contributed by atoms with van der Waals surface area (Å²) in [5.41, 5.74) is 2.32. The fraction of sp³-hybridized carbons (Fsp3) is 0.471. The van der Waals surface area contributed by atoms with Crippen LogP contribution in [0.1, 0.15) is 11.1 Å². The zero-order valence-electron chi connectivity index (χ0n) is 13.6. The van der Waals surface area contributed by atoms with Gasteiger partial charge in [0, 0.05) is 32.7 Å². The molecular formula is C17H23N5O. The highest BCUT2D eigenvalue weighted by Gasteiger charge is 2.21. The number of carbonyl (C=O) groups excluding carboxylic acids is 1. The van der Waals surface area contributed by atoms with Gasteiger partial charge in [0.15, 0.2) is 0 Å². The van der Waals surface area contributed by atoms with Crippen LogP contribution in [0.5, 0.6) is 0 Å². The van der Waals surface area contributed by atoms with E-state index in [0.29, 0.717) is 6.42 Å². The summed E-state index contributed by atoms with van der Waals surface area (Å²) in [6.07, 6.45) is 3.80. The third kappa shape index (κ3) is 4.16. The van der Waals surface area contributed by atoms with E-state index in [-0.39, 0.29) is 5.91 Å². The Balaban J connectivity index is 1.45. The Hall–Kier alpha value is -2.21. The zero-order valence-corrected chi connectivity index (χ0v) is 13.6. The molecule has 1 amide bonds. The predicted molar refractivity (Wildman–Crippen MR) is 87.9 cm³/mol. The van der Waals surface area contributed by atoms with Crippen LogP contribution in [-0.2, 0) is 17.8 Å². The molecule has 2 heterocycles. The molecule has 1 aromatic carbocycles. The number of carbonyl (C=O) groups is 1. The Morgan fingerprint density at radius 2 is 1.91 bits per heavy atom. The van der Waals surface area contributed by atoms with Crippen LogP contribution in [0.3, 0.4) is 0 Å². The normalized spacial score (nSPS) is 15.8. The average molecular weight is 313 g/mol. The van der Waals surface area contributed by atoms with Crippen LogP contribution in [0.4, 0.5) is 0 Å². The lowest BCUT2D eigenvalue weighted by Crippen LogP contribution is -2.49. The SMILES string of the molecule is Cc1ccccc1CC(=O)N1CCN(CCn2cncn2)CC1. The number of aromatic nitrogens is 3. The number of hydrogen-bond acceptors (Lipinski definition) is 4. The van der Waals surface area contributed by atoms with E-state index < -0.39 is 0 Å². The van der Waals surface area contributed by atoms with Gasteiger partial charge in [-0.05, 0) is 18.1 Å². The molecule has 2 aromatic rings. The molecule has 0 N–H and O–H groups in total. The maximum absolute atomic E-state index is 12.5. The molecule has 6 heteroatoms. The first-order valence-electron chi connectivity index (χ1n) is 8.09. The van der Waals surface area contributed by atoms with Crippen molar-refractivity contribution < 1.29 is 4.79 Å². The Labute approximate surface area is 136 Å². The van der Waals surface area contributed by atoms with Gasteiger partial charge in [0.25, 0.3) is 0 Å². The van der Waals surface area contributed by atoms with Crippen molar-refractivity contribution in [1.82, 2.24) is 24.6 Å². The van der Waals surface area contributed by atoms with E-state index in [1.807, 2.05) is 27.8 Å². The minimum absolute atomic E-state index is 0.232. The molecule has 0 unspecified atom stereocenters. The highest BCUT2D eigenvalue weighted by atomic mass is 16.2. The molecule has 23 heavy (non-hydrogen) atoms. The van der Waals surface area contributed by atoms with Crippen molar-refractivity contribution in [1.29, 1.82) is 0 Å². The number of rotatable bonds is 5. The van der Waals surface area contributed by atoms with Gasteiger partial charge in [-0.3, -0.25) is 14.4 Å². The van der Waals surface area contributed by atoms with Crippen molar-refractivity contribution in [2.45, 2.75) is 19.9 Å².